The van der Waals surface area contributed by atoms with E-state index in [1.54, 1.807) is 0 Å². The van der Waals surface area contributed by atoms with E-state index in [-0.39, 0.29) is 5.54 Å². The van der Waals surface area contributed by atoms with Gasteiger partial charge in [-0.3, -0.25) is 0 Å². The van der Waals surface area contributed by atoms with Gasteiger partial charge in [0.2, 0.25) is 0 Å². The summed E-state index contributed by atoms with van der Waals surface area (Å²) >= 11 is 0. The van der Waals surface area contributed by atoms with Gasteiger partial charge >= 0.3 is 0 Å². The lowest BCUT2D eigenvalue weighted by molar-refractivity contribution is 0.422. The summed E-state index contributed by atoms with van der Waals surface area (Å²) in [5.74, 6) is 0. The molecule has 1 aromatic carbocycles. The van der Waals surface area contributed by atoms with E-state index in [1.807, 2.05) is 7.05 Å². The van der Waals surface area contributed by atoms with E-state index in [1.165, 1.54) is 11.3 Å². The van der Waals surface area contributed by atoms with Gasteiger partial charge in [0.25, 0.3) is 0 Å². The molecular formula is C15H26N2. The second-order valence-electron chi connectivity index (χ2n) is 5.15. The molecule has 0 aliphatic rings. The van der Waals surface area contributed by atoms with Crippen molar-refractivity contribution in [3.8, 4) is 0 Å². The predicted molar refractivity (Wildman–Crippen MR) is 76.8 cm³/mol. The van der Waals surface area contributed by atoms with E-state index in [4.69, 9.17) is 0 Å². The molecule has 2 nitrogen and oxygen atoms in total. The van der Waals surface area contributed by atoms with Gasteiger partial charge < -0.3 is 10.2 Å². The Bertz CT molecular complexity index is 323. The minimum Gasteiger partial charge on any atom is -0.372 e. The van der Waals surface area contributed by atoms with Gasteiger partial charge in [-0.1, -0.05) is 12.1 Å². The topological polar surface area (TPSA) is 15.3 Å². The molecule has 1 aromatic rings. The van der Waals surface area contributed by atoms with Crippen LogP contribution in [-0.4, -0.2) is 25.7 Å². The third-order valence-corrected chi connectivity index (χ3v) is 3.39. The van der Waals surface area contributed by atoms with Gasteiger partial charge in [0.15, 0.2) is 0 Å². The monoisotopic (exact) mass is 234 g/mol. The molecule has 0 saturated carbocycles. The number of hydrogen-bond acceptors (Lipinski definition) is 2. The van der Waals surface area contributed by atoms with Crippen molar-refractivity contribution in [2.45, 2.75) is 39.7 Å². The van der Waals surface area contributed by atoms with Crippen molar-refractivity contribution in [3.63, 3.8) is 0 Å². The number of likely N-dealkylation sites (N-methyl/N-ethyl adjacent to an activating group) is 1. The average Bonchev–Trinajstić information content (AvgIpc) is 2.32. The van der Waals surface area contributed by atoms with Gasteiger partial charge in [-0.15, -0.1) is 0 Å². The largest absolute Gasteiger partial charge is 0.372 e. The summed E-state index contributed by atoms with van der Waals surface area (Å²) in [6, 6.07) is 8.95. The van der Waals surface area contributed by atoms with E-state index < -0.39 is 0 Å². The van der Waals surface area contributed by atoms with Crippen molar-refractivity contribution in [2.75, 3.05) is 25.0 Å². The van der Waals surface area contributed by atoms with Gasteiger partial charge in [0, 0.05) is 24.3 Å². The van der Waals surface area contributed by atoms with Crippen molar-refractivity contribution in [3.05, 3.63) is 29.8 Å². The van der Waals surface area contributed by atoms with E-state index in [0.717, 1.165) is 19.5 Å². The number of hydrogen-bond donors (Lipinski definition) is 1. The molecule has 0 amide bonds. The third kappa shape index (κ3) is 4.04. The Morgan fingerprint density at radius 2 is 1.59 bits per heavy atom. The number of nitrogens with one attached hydrogen (secondary N) is 1. The Morgan fingerprint density at radius 1 is 1.06 bits per heavy atom. The summed E-state index contributed by atoms with van der Waals surface area (Å²) in [4.78, 5) is 2.37. The molecule has 0 aliphatic carbocycles. The summed E-state index contributed by atoms with van der Waals surface area (Å²) in [5.41, 5.74) is 2.87. The summed E-state index contributed by atoms with van der Waals surface area (Å²) in [6.45, 7) is 11.0. The minimum absolute atomic E-state index is 0.163. The molecule has 0 aromatic heterocycles. The van der Waals surface area contributed by atoms with Crippen LogP contribution in [0.5, 0.6) is 0 Å². The summed E-state index contributed by atoms with van der Waals surface area (Å²) in [6.07, 6.45) is 1.06. The fourth-order valence-corrected chi connectivity index (χ4v) is 2.01. The van der Waals surface area contributed by atoms with Crippen LogP contribution in [0.3, 0.4) is 0 Å². The van der Waals surface area contributed by atoms with E-state index >= 15 is 0 Å². The Morgan fingerprint density at radius 3 is 2.00 bits per heavy atom. The molecule has 0 spiro atoms. The standard InChI is InChI=1S/C15H26N2/c1-6-17(7-2)14-10-8-13(9-11-14)12-15(3,4)16-5/h8-11,16H,6-7,12H2,1-5H3. The highest BCUT2D eigenvalue weighted by Gasteiger charge is 2.15. The smallest absolute Gasteiger partial charge is 0.0366 e. The van der Waals surface area contributed by atoms with Crippen LogP contribution in [0.1, 0.15) is 33.3 Å². The number of anilines is 1. The van der Waals surface area contributed by atoms with Crippen molar-refractivity contribution >= 4 is 5.69 Å². The molecule has 0 bridgehead atoms. The predicted octanol–water partition coefficient (Wildman–Crippen LogP) is 3.07. The van der Waals surface area contributed by atoms with Crippen molar-refractivity contribution in [1.82, 2.24) is 5.32 Å². The second-order valence-corrected chi connectivity index (χ2v) is 5.15. The van der Waals surface area contributed by atoms with Crippen LogP contribution in [0.15, 0.2) is 24.3 Å². The molecule has 0 saturated heterocycles. The van der Waals surface area contributed by atoms with Crippen molar-refractivity contribution in [2.24, 2.45) is 0 Å². The zero-order valence-electron chi connectivity index (χ0n) is 11.9. The Kier molecular flexibility index (Phi) is 5.01. The molecule has 0 radical (unpaired) electrons. The van der Waals surface area contributed by atoms with Crippen LogP contribution in [0.25, 0.3) is 0 Å². The van der Waals surface area contributed by atoms with Crippen molar-refractivity contribution < 1.29 is 0 Å². The highest BCUT2D eigenvalue weighted by atomic mass is 15.1. The average molecular weight is 234 g/mol. The second kappa shape index (κ2) is 6.06. The molecule has 17 heavy (non-hydrogen) atoms. The van der Waals surface area contributed by atoms with E-state index in [9.17, 15) is 0 Å². The summed E-state index contributed by atoms with van der Waals surface area (Å²) in [7, 11) is 2.02. The Labute approximate surface area is 106 Å². The van der Waals surface area contributed by atoms with E-state index in [2.05, 4.69) is 62.2 Å². The molecule has 1 N–H and O–H groups in total. The van der Waals surface area contributed by atoms with Crippen LogP contribution in [0.2, 0.25) is 0 Å². The van der Waals surface area contributed by atoms with Crippen LogP contribution >= 0.6 is 0 Å². The first-order valence-electron chi connectivity index (χ1n) is 6.55. The molecule has 0 heterocycles. The lowest BCUT2D eigenvalue weighted by Gasteiger charge is -2.25. The number of benzene rings is 1. The van der Waals surface area contributed by atoms with Crippen LogP contribution in [0, 0.1) is 0 Å². The fourth-order valence-electron chi connectivity index (χ4n) is 2.01. The highest BCUT2D eigenvalue weighted by molar-refractivity contribution is 5.47. The van der Waals surface area contributed by atoms with Crippen LogP contribution in [0.4, 0.5) is 5.69 Å². The van der Waals surface area contributed by atoms with Crippen LogP contribution in [-0.2, 0) is 6.42 Å². The van der Waals surface area contributed by atoms with Gasteiger partial charge in [-0.25, -0.2) is 0 Å². The van der Waals surface area contributed by atoms with Gasteiger partial charge in [0.05, 0.1) is 0 Å². The maximum atomic E-state index is 3.34. The molecule has 0 aliphatic heterocycles. The quantitative estimate of drug-likeness (QED) is 0.814. The lowest BCUT2D eigenvalue weighted by atomic mass is 9.95. The Balaban J connectivity index is 2.74. The molecular weight excluding hydrogens is 208 g/mol. The van der Waals surface area contributed by atoms with Crippen molar-refractivity contribution in [1.29, 1.82) is 0 Å². The van der Waals surface area contributed by atoms with E-state index in [0.29, 0.717) is 0 Å². The van der Waals surface area contributed by atoms with Gasteiger partial charge in [-0.05, 0) is 58.9 Å². The lowest BCUT2D eigenvalue weighted by Crippen LogP contribution is -2.38. The highest BCUT2D eigenvalue weighted by Crippen LogP contribution is 2.18. The third-order valence-electron chi connectivity index (χ3n) is 3.39. The molecule has 1 rings (SSSR count). The van der Waals surface area contributed by atoms with Crippen LogP contribution < -0.4 is 10.2 Å². The van der Waals surface area contributed by atoms with Gasteiger partial charge in [0.1, 0.15) is 0 Å². The first-order valence-corrected chi connectivity index (χ1v) is 6.55. The first-order chi connectivity index (χ1) is 8.02. The molecule has 0 atom stereocenters. The molecule has 0 fully saturated rings. The zero-order chi connectivity index (χ0) is 12.9. The maximum Gasteiger partial charge on any atom is 0.0366 e. The first kappa shape index (κ1) is 14.0. The molecule has 2 heteroatoms. The normalized spacial score (nSPS) is 11.6. The summed E-state index contributed by atoms with van der Waals surface area (Å²) in [5, 5.41) is 3.34. The fraction of sp³-hybridized carbons (Fsp3) is 0.600. The number of rotatable bonds is 6. The number of nitrogens with zero attached hydrogens (tertiary/aromatic N) is 1. The Hall–Kier alpha value is -1.02. The SMILES string of the molecule is CCN(CC)c1ccc(CC(C)(C)NC)cc1. The molecule has 96 valence electrons. The minimum atomic E-state index is 0.163. The van der Waals surface area contributed by atoms with Gasteiger partial charge in [-0.2, -0.15) is 0 Å². The zero-order valence-corrected chi connectivity index (χ0v) is 11.9. The summed E-state index contributed by atoms with van der Waals surface area (Å²) < 4.78 is 0. The molecule has 0 unspecified atom stereocenters. The maximum absolute atomic E-state index is 3.34.